The van der Waals surface area contributed by atoms with Crippen LogP contribution in [0.2, 0.25) is 5.04 Å². The molecule has 3 aromatic carbocycles. The Morgan fingerprint density at radius 3 is 1.93 bits per heavy atom. The van der Waals surface area contributed by atoms with Gasteiger partial charge in [-0.1, -0.05) is 87.2 Å². The first-order valence-corrected chi connectivity index (χ1v) is 17.0. The maximum absolute atomic E-state index is 16.0. The Kier molecular flexibility index (Phi) is 8.03. The molecule has 0 aliphatic heterocycles. The molecule has 2 aliphatic carbocycles. The van der Waals surface area contributed by atoms with E-state index in [1.165, 1.54) is 0 Å². The molecule has 1 unspecified atom stereocenters. The number of primary amides is 1. The minimum Gasteiger partial charge on any atom is -0.447 e. The molecule has 0 spiro atoms. The first-order valence-electron chi connectivity index (χ1n) is 13.6. The topological polar surface area (TPSA) is 95.7 Å². The van der Waals surface area contributed by atoms with Crippen LogP contribution in [0, 0.1) is 5.82 Å². The number of carbonyl (C=O) groups excluding carboxylic acids is 1. The second kappa shape index (κ2) is 11.2. The molecule has 0 bridgehead atoms. The Balaban J connectivity index is 1.77. The predicted molar refractivity (Wildman–Crippen MR) is 159 cm³/mol. The van der Waals surface area contributed by atoms with E-state index in [0.717, 1.165) is 6.07 Å². The molecule has 3 aromatic rings. The highest BCUT2D eigenvalue weighted by molar-refractivity contribution is 7.96. The number of halogens is 6. The van der Waals surface area contributed by atoms with Crippen molar-refractivity contribution in [3.05, 3.63) is 124 Å². The van der Waals surface area contributed by atoms with Crippen LogP contribution in [0.15, 0.2) is 112 Å². The highest BCUT2D eigenvalue weighted by Gasteiger charge is 2.67. The molecule has 46 heavy (non-hydrogen) atoms. The zero-order chi connectivity index (χ0) is 33.9. The number of hydrogen-bond donors (Lipinski definition) is 1. The SMILES string of the molecule is CC(C)(C)[Si](OC1C2=C(S(=O)(=O)C(F)(F)F)C(Oc3cc(F)cc(C(N)=O)c3)=C=C=C2C1(F)F)(c1ccccc1)c1ccccc1. The molecule has 0 heterocycles. The van der Waals surface area contributed by atoms with E-state index in [-0.39, 0.29) is 0 Å². The molecule has 0 radical (unpaired) electrons. The lowest BCUT2D eigenvalue weighted by atomic mass is 9.77. The molecule has 6 nitrogen and oxygen atoms in total. The monoisotopic (exact) mass is 677 g/mol. The van der Waals surface area contributed by atoms with Crippen LogP contribution in [0.4, 0.5) is 26.3 Å². The van der Waals surface area contributed by atoms with Crippen LogP contribution in [0.1, 0.15) is 31.1 Å². The summed E-state index contributed by atoms with van der Waals surface area (Å²) in [4.78, 5) is 9.94. The number of fused-ring (bicyclic) bond motifs is 1. The van der Waals surface area contributed by atoms with Gasteiger partial charge in [-0.25, -0.2) is 12.8 Å². The van der Waals surface area contributed by atoms with E-state index >= 15 is 8.78 Å². The van der Waals surface area contributed by atoms with E-state index in [1.807, 2.05) is 11.5 Å². The summed E-state index contributed by atoms with van der Waals surface area (Å²) in [5.74, 6) is -8.08. The van der Waals surface area contributed by atoms with Gasteiger partial charge in [-0.05, 0) is 33.3 Å². The van der Waals surface area contributed by atoms with Crippen molar-refractivity contribution in [2.24, 2.45) is 5.73 Å². The number of amides is 1. The van der Waals surface area contributed by atoms with Gasteiger partial charge in [0.05, 0.1) is 5.57 Å². The largest absolute Gasteiger partial charge is 0.502 e. The molecule has 0 saturated heterocycles. The highest BCUT2D eigenvalue weighted by atomic mass is 32.2. The Bertz CT molecular complexity index is 1930. The fraction of sp³-hybridized carbons (Fsp3) is 0.219. The molecule has 2 aliphatic rings. The van der Waals surface area contributed by atoms with Crippen LogP contribution in [0.3, 0.4) is 0 Å². The van der Waals surface area contributed by atoms with Crippen LogP contribution in [-0.2, 0) is 14.3 Å². The Labute approximate surface area is 261 Å². The Morgan fingerprint density at radius 2 is 1.46 bits per heavy atom. The van der Waals surface area contributed by atoms with Crippen molar-refractivity contribution in [2.45, 2.75) is 43.3 Å². The smallest absolute Gasteiger partial charge is 0.447 e. The van der Waals surface area contributed by atoms with Gasteiger partial charge >= 0.3 is 11.4 Å². The number of alkyl halides is 5. The molecular weight excluding hydrogens is 652 g/mol. The molecule has 1 amide bonds. The van der Waals surface area contributed by atoms with Crippen LogP contribution < -0.4 is 20.8 Å². The van der Waals surface area contributed by atoms with Crippen LogP contribution >= 0.6 is 0 Å². The van der Waals surface area contributed by atoms with Gasteiger partial charge in [0, 0.05) is 17.2 Å². The van der Waals surface area contributed by atoms with E-state index in [9.17, 15) is 30.8 Å². The van der Waals surface area contributed by atoms with Gasteiger partial charge in [-0.3, -0.25) is 4.79 Å². The zero-order valence-electron chi connectivity index (χ0n) is 24.4. The van der Waals surface area contributed by atoms with Crippen molar-refractivity contribution < 1.29 is 48.7 Å². The third-order valence-corrected chi connectivity index (χ3v) is 14.2. The third-order valence-electron chi connectivity index (χ3n) is 7.61. The fourth-order valence-electron chi connectivity index (χ4n) is 5.56. The van der Waals surface area contributed by atoms with Gasteiger partial charge in [0.1, 0.15) is 22.6 Å². The molecule has 1 atom stereocenters. The number of sulfone groups is 1. The van der Waals surface area contributed by atoms with Gasteiger partial charge in [-0.15, -0.1) is 0 Å². The lowest BCUT2D eigenvalue weighted by Gasteiger charge is -2.51. The van der Waals surface area contributed by atoms with Gasteiger partial charge in [0.15, 0.2) is 5.76 Å². The predicted octanol–water partition coefficient (Wildman–Crippen LogP) is 5.66. The first-order chi connectivity index (χ1) is 21.3. The van der Waals surface area contributed by atoms with E-state index in [4.69, 9.17) is 14.9 Å². The molecular formula is C32H25F6NO5SSi. The van der Waals surface area contributed by atoms with E-state index in [2.05, 4.69) is 0 Å². The van der Waals surface area contributed by atoms with E-state index < -0.39 is 85.6 Å². The number of benzene rings is 3. The summed E-state index contributed by atoms with van der Waals surface area (Å²) in [6.07, 6.45) is -2.51. The van der Waals surface area contributed by atoms with Crippen LogP contribution in [0.25, 0.3) is 0 Å². The maximum atomic E-state index is 16.0. The Morgan fingerprint density at radius 1 is 0.913 bits per heavy atom. The summed E-state index contributed by atoms with van der Waals surface area (Å²) < 4.78 is 127. The standard InChI is InChI=1S/C32H25F6NO5SSi/c1-30(2,3)46(22-10-6-4-7-11-22,23-12-8-5-9-13-23)44-28-26-24(31(28,34)35)14-15-25(27(26)45(41,42)32(36,37)38)43-21-17-19(29(39)40)16-20(33)18-21/h4-13,16-18,28H,1-3H3,(H2,39,40). The fourth-order valence-corrected chi connectivity index (χ4v) is 11.3. The van der Waals surface area contributed by atoms with Crippen molar-refractivity contribution in [3.63, 3.8) is 0 Å². The summed E-state index contributed by atoms with van der Waals surface area (Å²) in [6, 6.07) is 18.9. The van der Waals surface area contributed by atoms with Gasteiger partial charge in [-0.2, -0.15) is 22.0 Å². The Hall–Kier alpha value is -4.32. The minimum atomic E-state index is -6.43. The molecule has 1 fully saturated rings. The number of rotatable bonds is 8. The van der Waals surface area contributed by atoms with Gasteiger partial charge in [0.25, 0.3) is 18.2 Å². The summed E-state index contributed by atoms with van der Waals surface area (Å²) in [5, 5.41) is 0.0705. The highest BCUT2D eigenvalue weighted by Crippen LogP contribution is 2.56. The summed E-state index contributed by atoms with van der Waals surface area (Å²) >= 11 is 0. The maximum Gasteiger partial charge on any atom is 0.502 e. The molecule has 14 heteroatoms. The average molecular weight is 678 g/mol. The van der Waals surface area contributed by atoms with Crippen LogP contribution in [0.5, 0.6) is 5.75 Å². The number of nitrogens with two attached hydrogens (primary N) is 1. The van der Waals surface area contributed by atoms with Crippen molar-refractivity contribution in [3.8, 4) is 5.75 Å². The second-order valence-electron chi connectivity index (χ2n) is 11.6. The molecule has 2 N–H and O–H groups in total. The van der Waals surface area contributed by atoms with Crippen molar-refractivity contribution in [1.82, 2.24) is 0 Å². The quantitative estimate of drug-likeness (QED) is 0.189. The normalized spacial score (nSPS) is 17.9. The lowest BCUT2D eigenvalue weighted by molar-refractivity contribution is -0.0838. The molecule has 5 rings (SSSR count). The first kappa shape index (κ1) is 33.1. The van der Waals surface area contributed by atoms with Crippen LogP contribution in [-0.4, -0.2) is 40.2 Å². The average Bonchev–Trinajstić information content (AvgIpc) is 2.96. The van der Waals surface area contributed by atoms with Crippen molar-refractivity contribution >= 4 is 34.4 Å². The molecule has 1 saturated carbocycles. The zero-order valence-corrected chi connectivity index (χ0v) is 26.2. The minimum absolute atomic E-state index is 0.456. The summed E-state index contributed by atoms with van der Waals surface area (Å²) in [5.41, 5.74) is 0.509. The summed E-state index contributed by atoms with van der Waals surface area (Å²) in [6.45, 7) is 5.22. The van der Waals surface area contributed by atoms with E-state index in [0.29, 0.717) is 22.5 Å². The third kappa shape index (κ3) is 5.31. The van der Waals surface area contributed by atoms with E-state index in [1.54, 1.807) is 81.4 Å². The molecule has 240 valence electrons. The van der Waals surface area contributed by atoms with Gasteiger partial charge in [0.2, 0.25) is 5.91 Å². The summed E-state index contributed by atoms with van der Waals surface area (Å²) in [7, 11) is -10.3. The molecule has 0 aromatic heterocycles. The van der Waals surface area contributed by atoms with Crippen molar-refractivity contribution in [1.29, 1.82) is 0 Å². The second-order valence-corrected chi connectivity index (χ2v) is 17.7. The number of ether oxygens (including phenoxy) is 1. The number of hydrogen-bond acceptors (Lipinski definition) is 5. The number of carbonyl (C=O) groups is 1. The lowest BCUT2D eigenvalue weighted by Crippen LogP contribution is -2.71. The van der Waals surface area contributed by atoms with Crippen molar-refractivity contribution in [2.75, 3.05) is 0 Å². The van der Waals surface area contributed by atoms with Gasteiger partial charge < -0.3 is 14.9 Å².